The molecule has 0 fully saturated rings. The zero-order valence-corrected chi connectivity index (χ0v) is 15.2. The molecule has 1 aromatic carbocycles. The number of nitrogens with zero attached hydrogens (tertiary/aromatic N) is 1. The second-order valence-electron chi connectivity index (χ2n) is 5.17. The van der Waals surface area contributed by atoms with Crippen LogP contribution in [0, 0.1) is 0 Å². The minimum absolute atomic E-state index is 0.118. The number of ether oxygens (including phenoxy) is 1. The number of carbonyl (C=O) groups excluding carboxylic acids is 3. The van der Waals surface area contributed by atoms with Gasteiger partial charge in [0.2, 0.25) is 0 Å². The number of amides is 2. The van der Waals surface area contributed by atoms with E-state index in [-0.39, 0.29) is 15.7 Å². The number of nitrogens with one attached hydrogen (secondary N) is 2. The number of hydrogen-bond acceptors (Lipinski definition) is 5. The molecule has 1 atom stereocenters. The lowest BCUT2D eigenvalue weighted by atomic mass is 10.2. The lowest BCUT2D eigenvalue weighted by Crippen LogP contribution is -2.40. The summed E-state index contributed by atoms with van der Waals surface area (Å²) < 4.78 is 4.88. The van der Waals surface area contributed by atoms with Crippen molar-refractivity contribution in [3.05, 3.63) is 58.3 Å². The molecule has 136 valence electrons. The maximum absolute atomic E-state index is 12.1. The van der Waals surface area contributed by atoms with Crippen LogP contribution in [-0.4, -0.2) is 35.4 Å². The van der Waals surface area contributed by atoms with Gasteiger partial charge in [0.25, 0.3) is 11.8 Å². The third-order valence-electron chi connectivity index (χ3n) is 3.20. The van der Waals surface area contributed by atoms with Gasteiger partial charge in [0, 0.05) is 6.20 Å². The quantitative estimate of drug-likeness (QED) is 0.578. The largest absolute Gasteiger partial charge is 0.454 e. The molecule has 2 N–H and O–H groups in total. The summed E-state index contributed by atoms with van der Waals surface area (Å²) in [5, 5.41) is 5.30. The van der Waals surface area contributed by atoms with E-state index in [1.807, 2.05) is 0 Å². The number of aromatic nitrogens is 1. The highest BCUT2D eigenvalue weighted by atomic mass is 35.5. The van der Waals surface area contributed by atoms with Gasteiger partial charge in [0.05, 0.1) is 16.3 Å². The normalized spacial score (nSPS) is 11.3. The summed E-state index contributed by atoms with van der Waals surface area (Å²) in [6, 6.07) is 8.62. The molecular formula is C17H15Cl2N3O4. The second-order valence-corrected chi connectivity index (χ2v) is 5.94. The molecule has 2 amide bonds. The first kappa shape index (κ1) is 19.7. The van der Waals surface area contributed by atoms with Crippen LogP contribution < -0.4 is 10.6 Å². The number of benzene rings is 1. The van der Waals surface area contributed by atoms with Crippen LogP contribution in [0.15, 0.2) is 42.6 Å². The fourth-order valence-electron chi connectivity index (χ4n) is 1.91. The van der Waals surface area contributed by atoms with Gasteiger partial charge in [-0.2, -0.15) is 0 Å². The van der Waals surface area contributed by atoms with Crippen LogP contribution in [0.25, 0.3) is 0 Å². The molecule has 2 rings (SSSR count). The Labute approximate surface area is 159 Å². The van der Waals surface area contributed by atoms with Crippen LogP contribution in [0.2, 0.25) is 10.2 Å². The minimum atomic E-state index is -0.964. The van der Waals surface area contributed by atoms with Crippen molar-refractivity contribution in [2.75, 3.05) is 11.9 Å². The Balaban J connectivity index is 1.83. The van der Waals surface area contributed by atoms with Crippen molar-refractivity contribution < 1.29 is 19.1 Å². The van der Waals surface area contributed by atoms with Crippen LogP contribution in [0.3, 0.4) is 0 Å². The van der Waals surface area contributed by atoms with E-state index in [1.165, 1.54) is 19.2 Å². The number of pyridine rings is 1. The highest BCUT2D eigenvalue weighted by molar-refractivity contribution is 6.34. The first-order valence-electron chi connectivity index (χ1n) is 7.51. The summed E-state index contributed by atoms with van der Waals surface area (Å²) in [5.41, 5.74) is 0.535. The van der Waals surface area contributed by atoms with Crippen LogP contribution in [0.1, 0.15) is 17.3 Å². The van der Waals surface area contributed by atoms with Crippen molar-refractivity contribution in [3.8, 4) is 0 Å². The van der Waals surface area contributed by atoms with Crippen molar-refractivity contribution in [2.45, 2.75) is 13.0 Å². The summed E-state index contributed by atoms with van der Waals surface area (Å²) in [7, 11) is 0. The molecule has 1 aromatic heterocycles. The molecule has 2 aromatic rings. The lowest BCUT2D eigenvalue weighted by Gasteiger charge is -2.14. The Hall–Kier alpha value is -2.64. The highest BCUT2D eigenvalue weighted by Gasteiger charge is 2.20. The average molecular weight is 396 g/mol. The number of halogens is 2. The number of hydrogen-bond donors (Lipinski definition) is 2. The molecular weight excluding hydrogens is 381 g/mol. The molecule has 0 aliphatic heterocycles. The Kier molecular flexibility index (Phi) is 6.94. The molecule has 1 unspecified atom stereocenters. The number of rotatable bonds is 6. The third-order valence-corrected chi connectivity index (χ3v) is 3.83. The number of anilines is 1. The Morgan fingerprint density at radius 1 is 1.15 bits per heavy atom. The van der Waals surface area contributed by atoms with Crippen molar-refractivity contribution in [1.29, 1.82) is 0 Å². The first-order valence-corrected chi connectivity index (χ1v) is 8.26. The smallest absolute Gasteiger partial charge is 0.328 e. The van der Waals surface area contributed by atoms with Gasteiger partial charge >= 0.3 is 5.97 Å². The van der Waals surface area contributed by atoms with Crippen LogP contribution >= 0.6 is 23.2 Å². The molecule has 0 aliphatic carbocycles. The third kappa shape index (κ3) is 5.44. The van der Waals surface area contributed by atoms with Crippen molar-refractivity contribution in [3.63, 3.8) is 0 Å². The fraction of sp³-hybridized carbons (Fsp3) is 0.176. The van der Waals surface area contributed by atoms with E-state index in [0.29, 0.717) is 5.69 Å². The van der Waals surface area contributed by atoms with E-state index < -0.39 is 30.4 Å². The molecule has 0 spiro atoms. The zero-order chi connectivity index (χ0) is 19.1. The van der Waals surface area contributed by atoms with Gasteiger partial charge in [-0.05, 0) is 31.2 Å². The zero-order valence-electron chi connectivity index (χ0n) is 13.7. The molecule has 7 nitrogen and oxygen atoms in total. The maximum Gasteiger partial charge on any atom is 0.328 e. The molecule has 1 heterocycles. The Morgan fingerprint density at radius 3 is 2.58 bits per heavy atom. The summed E-state index contributed by atoms with van der Waals surface area (Å²) in [6.07, 6.45) is 1.47. The molecule has 0 radical (unpaired) electrons. The summed E-state index contributed by atoms with van der Waals surface area (Å²) in [5.74, 6) is -1.87. The second kappa shape index (κ2) is 9.17. The molecule has 9 heteroatoms. The number of esters is 1. The summed E-state index contributed by atoms with van der Waals surface area (Å²) in [4.78, 5) is 39.6. The van der Waals surface area contributed by atoms with E-state index in [2.05, 4.69) is 15.6 Å². The van der Waals surface area contributed by atoms with Gasteiger partial charge in [-0.25, -0.2) is 9.78 Å². The monoisotopic (exact) mass is 395 g/mol. The molecule has 26 heavy (non-hydrogen) atoms. The van der Waals surface area contributed by atoms with Gasteiger partial charge in [0.15, 0.2) is 11.8 Å². The molecule has 0 aliphatic rings. The van der Waals surface area contributed by atoms with Gasteiger partial charge in [-0.3, -0.25) is 9.59 Å². The van der Waals surface area contributed by atoms with Crippen molar-refractivity contribution in [2.24, 2.45) is 0 Å². The standard InChI is InChI=1S/C17H15Cl2N3O4/c1-10(21-16(24)11-5-2-3-6-12(11)18)17(25)26-9-14(23)22-13-7-4-8-20-15(13)19/h2-8,10H,9H2,1H3,(H,21,24)(H,22,23). The first-order chi connectivity index (χ1) is 12.4. The van der Waals surface area contributed by atoms with E-state index in [0.717, 1.165) is 0 Å². The number of carbonyl (C=O) groups is 3. The van der Waals surface area contributed by atoms with E-state index in [9.17, 15) is 14.4 Å². The molecule has 0 bridgehead atoms. The fourth-order valence-corrected chi connectivity index (χ4v) is 2.29. The van der Waals surface area contributed by atoms with Crippen LogP contribution in [0.5, 0.6) is 0 Å². The summed E-state index contributed by atoms with van der Waals surface area (Å²) in [6.45, 7) is 0.906. The Bertz CT molecular complexity index is 829. The average Bonchev–Trinajstić information content (AvgIpc) is 2.61. The van der Waals surface area contributed by atoms with Gasteiger partial charge in [-0.15, -0.1) is 0 Å². The highest BCUT2D eigenvalue weighted by Crippen LogP contribution is 2.17. The Morgan fingerprint density at radius 2 is 1.88 bits per heavy atom. The SMILES string of the molecule is CC(NC(=O)c1ccccc1Cl)C(=O)OCC(=O)Nc1cccnc1Cl. The predicted molar refractivity (Wildman–Crippen MR) is 97.2 cm³/mol. The predicted octanol–water partition coefficient (Wildman–Crippen LogP) is 2.69. The summed E-state index contributed by atoms with van der Waals surface area (Å²) >= 11 is 11.7. The van der Waals surface area contributed by atoms with Gasteiger partial charge in [0.1, 0.15) is 6.04 Å². The van der Waals surface area contributed by atoms with Crippen molar-refractivity contribution >= 4 is 46.7 Å². The molecule has 0 saturated heterocycles. The van der Waals surface area contributed by atoms with Crippen molar-refractivity contribution in [1.82, 2.24) is 10.3 Å². The topological polar surface area (TPSA) is 97.4 Å². The van der Waals surface area contributed by atoms with Gasteiger partial charge in [-0.1, -0.05) is 35.3 Å². The van der Waals surface area contributed by atoms with Crippen LogP contribution in [0.4, 0.5) is 5.69 Å². The van der Waals surface area contributed by atoms with Gasteiger partial charge < -0.3 is 15.4 Å². The molecule has 0 saturated carbocycles. The van der Waals surface area contributed by atoms with E-state index in [4.69, 9.17) is 27.9 Å². The van der Waals surface area contributed by atoms with E-state index >= 15 is 0 Å². The maximum atomic E-state index is 12.1. The lowest BCUT2D eigenvalue weighted by molar-refractivity contribution is -0.148. The van der Waals surface area contributed by atoms with Crippen LogP contribution in [-0.2, 0) is 14.3 Å². The minimum Gasteiger partial charge on any atom is -0.454 e. The van der Waals surface area contributed by atoms with E-state index in [1.54, 1.807) is 30.3 Å².